The van der Waals surface area contributed by atoms with Crippen molar-refractivity contribution < 1.29 is 27.5 Å². The summed E-state index contributed by atoms with van der Waals surface area (Å²) in [7, 11) is 0.252. The lowest BCUT2D eigenvalue weighted by Gasteiger charge is -2.25. The molecule has 1 heterocycles. The number of sulfonamides is 1. The van der Waals surface area contributed by atoms with Gasteiger partial charge in [-0.25, -0.2) is 18.4 Å². The number of fused-ring (bicyclic) bond motifs is 1. The molecule has 0 atom stereocenters. The number of hydrogen-bond donors (Lipinski definition) is 2. The summed E-state index contributed by atoms with van der Waals surface area (Å²) in [5.41, 5.74) is 0.600. The van der Waals surface area contributed by atoms with Gasteiger partial charge in [0.05, 0.1) is 59.4 Å². The molecular formula is C22H23Cl2N5O6S. The van der Waals surface area contributed by atoms with Gasteiger partial charge in [0.25, 0.3) is 23.6 Å². The Bertz CT molecular complexity index is 1430. The molecule has 3 aromatic rings. The average Bonchev–Trinajstić information content (AvgIpc) is 2.86. The van der Waals surface area contributed by atoms with Gasteiger partial charge in [-0.15, -0.1) is 0 Å². The minimum Gasteiger partial charge on any atom is -0.477 e. The SMILES string of the molecule is CNC(=O)c1ccccc1C(=O)NCCN(c1c(Cl)c(Cl)cc2nc(OC)c(OC)nc12)S(C)(=O)=O. The minimum atomic E-state index is -3.94. The molecule has 0 spiro atoms. The Balaban J connectivity index is 1.99. The Labute approximate surface area is 217 Å². The molecule has 0 aliphatic heterocycles. The van der Waals surface area contributed by atoms with E-state index >= 15 is 0 Å². The topological polar surface area (TPSA) is 140 Å². The molecule has 36 heavy (non-hydrogen) atoms. The lowest BCUT2D eigenvalue weighted by Crippen LogP contribution is -2.39. The van der Waals surface area contributed by atoms with Crippen molar-refractivity contribution in [2.45, 2.75) is 0 Å². The molecule has 1 aromatic heterocycles. The first-order valence-electron chi connectivity index (χ1n) is 10.4. The summed E-state index contributed by atoms with van der Waals surface area (Å²) in [5, 5.41) is 5.07. The number of halogens is 2. The van der Waals surface area contributed by atoms with E-state index < -0.39 is 21.8 Å². The number of amides is 2. The van der Waals surface area contributed by atoms with Crippen LogP contribution in [0, 0.1) is 0 Å². The predicted molar refractivity (Wildman–Crippen MR) is 137 cm³/mol. The zero-order chi connectivity index (χ0) is 26.6. The maximum atomic E-state index is 12.8. The van der Waals surface area contributed by atoms with E-state index in [1.165, 1.54) is 39.5 Å². The zero-order valence-corrected chi connectivity index (χ0v) is 22.1. The van der Waals surface area contributed by atoms with Gasteiger partial charge in [-0.05, 0) is 18.2 Å². The van der Waals surface area contributed by atoms with Crippen LogP contribution in [-0.2, 0) is 10.0 Å². The monoisotopic (exact) mass is 555 g/mol. The number of carbonyl (C=O) groups is 2. The van der Waals surface area contributed by atoms with Crippen LogP contribution in [0.3, 0.4) is 0 Å². The number of benzene rings is 2. The van der Waals surface area contributed by atoms with Crippen LogP contribution in [0.25, 0.3) is 11.0 Å². The van der Waals surface area contributed by atoms with Crippen LogP contribution in [0.15, 0.2) is 30.3 Å². The fourth-order valence-electron chi connectivity index (χ4n) is 3.41. The van der Waals surface area contributed by atoms with Gasteiger partial charge < -0.3 is 20.1 Å². The summed E-state index contributed by atoms with van der Waals surface area (Å²) < 4.78 is 36.9. The zero-order valence-electron chi connectivity index (χ0n) is 19.8. The quantitative estimate of drug-likeness (QED) is 0.410. The molecule has 0 radical (unpaired) electrons. The van der Waals surface area contributed by atoms with Crippen molar-refractivity contribution in [3.63, 3.8) is 0 Å². The van der Waals surface area contributed by atoms with Gasteiger partial charge in [0, 0.05) is 13.6 Å². The molecule has 0 saturated carbocycles. The third-order valence-electron chi connectivity index (χ3n) is 5.05. The Kier molecular flexibility index (Phi) is 8.43. The first-order valence-corrected chi connectivity index (χ1v) is 13.0. The largest absolute Gasteiger partial charge is 0.477 e. The molecule has 0 aliphatic rings. The number of ether oxygens (including phenoxy) is 2. The minimum absolute atomic E-state index is 0.0113. The van der Waals surface area contributed by atoms with Crippen LogP contribution in [0.4, 0.5) is 5.69 Å². The van der Waals surface area contributed by atoms with E-state index in [2.05, 4.69) is 20.6 Å². The lowest BCUT2D eigenvalue weighted by atomic mass is 10.1. The van der Waals surface area contributed by atoms with E-state index in [1.807, 2.05) is 0 Å². The highest BCUT2D eigenvalue weighted by molar-refractivity contribution is 7.92. The molecule has 3 rings (SSSR count). The molecule has 14 heteroatoms. The lowest BCUT2D eigenvalue weighted by molar-refractivity contribution is 0.0924. The molecule has 2 amide bonds. The van der Waals surface area contributed by atoms with E-state index in [0.717, 1.165) is 10.6 Å². The molecule has 0 unspecified atom stereocenters. The van der Waals surface area contributed by atoms with E-state index in [9.17, 15) is 18.0 Å². The Hall–Kier alpha value is -3.35. The molecule has 0 aliphatic carbocycles. The molecule has 0 saturated heterocycles. The molecule has 0 bridgehead atoms. The molecule has 11 nitrogen and oxygen atoms in total. The Morgan fingerprint density at radius 2 is 1.61 bits per heavy atom. The molecular weight excluding hydrogens is 533 g/mol. The van der Waals surface area contributed by atoms with Crippen LogP contribution in [-0.4, -0.2) is 70.8 Å². The molecule has 0 fully saturated rings. The smallest absolute Gasteiger partial charge is 0.278 e. The summed E-state index contributed by atoms with van der Waals surface area (Å²) in [4.78, 5) is 33.5. The van der Waals surface area contributed by atoms with Crippen molar-refractivity contribution in [2.24, 2.45) is 0 Å². The first kappa shape index (κ1) is 27.2. The van der Waals surface area contributed by atoms with E-state index in [4.69, 9.17) is 32.7 Å². The van der Waals surface area contributed by atoms with E-state index in [-0.39, 0.29) is 62.7 Å². The van der Waals surface area contributed by atoms with Crippen molar-refractivity contribution in [3.8, 4) is 11.8 Å². The second-order valence-electron chi connectivity index (χ2n) is 7.35. The van der Waals surface area contributed by atoms with Crippen molar-refractivity contribution in [2.75, 3.05) is 44.9 Å². The fourth-order valence-corrected chi connectivity index (χ4v) is 4.83. The van der Waals surface area contributed by atoms with Gasteiger partial charge in [-0.1, -0.05) is 35.3 Å². The molecule has 2 N–H and O–H groups in total. The first-order chi connectivity index (χ1) is 17.0. The summed E-state index contributed by atoms with van der Waals surface area (Å²) in [6, 6.07) is 7.67. The number of hydrogen-bond acceptors (Lipinski definition) is 8. The van der Waals surface area contributed by atoms with Crippen molar-refractivity contribution in [1.29, 1.82) is 0 Å². The average molecular weight is 556 g/mol. The maximum absolute atomic E-state index is 12.8. The fraction of sp³-hybridized carbons (Fsp3) is 0.273. The van der Waals surface area contributed by atoms with Gasteiger partial charge in [-0.3, -0.25) is 13.9 Å². The van der Waals surface area contributed by atoms with Crippen LogP contribution in [0.1, 0.15) is 20.7 Å². The van der Waals surface area contributed by atoms with Crippen LogP contribution < -0.4 is 24.4 Å². The summed E-state index contributed by atoms with van der Waals surface area (Å²) >= 11 is 12.7. The number of carbonyl (C=O) groups excluding carboxylic acids is 2. The van der Waals surface area contributed by atoms with Gasteiger partial charge in [-0.2, -0.15) is 0 Å². The van der Waals surface area contributed by atoms with E-state index in [1.54, 1.807) is 12.1 Å². The van der Waals surface area contributed by atoms with Crippen molar-refractivity contribution in [3.05, 3.63) is 51.5 Å². The highest BCUT2D eigenvalue weighted by atomic mass is 35.5. The number of nitrogens with zero attached hydrogens (tertiary/aromatic N) is 3. The predicted octanol–water partition coefficient (Wildman–Crippen LogP) is 2.51. The Morgan fingerprint density at radius 1 is 1.03 bits per heavy atom. The van der Waals surface area contributed by atoms with Crippen LogP contribution >= 0.6 is 23.2 Å². The number of aromatic nitrogens is 2. The van der Waals surface area contributed by atoms with Crippen LogP contribution in [0.5, 0.6) is 11.8 Å². The number of nitrogens with one attached hydrogen (secondary N) is 2. The normalized spacial score (nSPS) is 11.2. The van der Waals surface area contributed by atoms with Gasteiger partial charge in [0.2, 0.25) is 10.0 Å². The number of rotatable bonds is 9. The van der Waals surface area contributed by atoms with Crippen LogP contribution in [0.2, 0.25) is 10.0 Å². The number of methoxy groups -OCH3 is 2. The molecule has 2 aromatic carbocycles. The van der Waals surface area contributed by atoms with Crippen molar-refractivity contribution >= 4 is 61.8 Å². The Morgan fingerprint density at radius 3 is 2.17 bits per heavy atom. The third-order valence-corrected chi connectivity index (χ3v) is 6.99. The third kappa shape index (κ3) is 5.55. The van der Waals surface area contributed by atoms with E-state index in [0.29, 0.717) is 0 Å². The second-order valence-corrected chi connectivity index (χ2v) is 10.0. The highest BCUT2D eigenvalue weighted by Gasteiger charge is 2.27. The highest BCUT2D eigenvalue weighted by Crippen LogP contribution is 2.41. The summed E-state index contributed by atoms with van der Waals surface area (Å²) in [5.74, 6) is -0.908. The second kappa shape index (κ2) is 11.1. The number of anilines is 1. The standard InChI is InChI=1S/C22H23Cl2N5O6S/c1-25-19(30)12-7-5-6-8-13(12)20(31)26-9-10-29(36(4,32)33)18-16(24)14(23)11-15-17(18)28-22(35-3)21(27-15)34-2/h5-8,11H,9-10H2,1-4H3,(H,25,30)(H,26,31). The van der Waals surface area contributed by atoms with Gasteiger partial charge in [0.1, 0.15) is 5.52 Å². The maximum Gasteiger partial charge on any atom is 0.278 e. The van der Waals surface area contributed by atoms with Gasteiger partial charge in [0.15, 0.2) is 0 Å². The van der Waals surface area contributed by atoms with Gasteiger partial charge >= 0.3 is 0 Å². The summed E-state index contributed by atoms with van der Waals surface area (Å²) in [6.45, 7) is -0.350. The summed E-state index contributed by atoms with van der Waals surface area (Å²) in [6.07, 6.45) is 0.979. The van der Waals surface area contributed by atoms with Crippen molar-refractivity contribution in [1.82, 2.24) is 20.6 Å². The molecule has 192 valence electrons.